The Labute approximate surface area is 63.2 Å². The van der Waals surface area contributed by atoms with Gasteiger partial charge in [-0.2, -0.15) is 0 Å². The minimum Gasteiger partial charge on any atom is -0.457 e. The standard InChI is InChI=1S/C6H10O5/c7-2-4-6(10)3(8)1-5(9)11-4/h3-4,6-8,10H,1-2H2. The van der Waals surface area contributed by atoms with Gasteiger partial charge in [0.25, 0.3) is 0 Å². The third-order valence-electron chi connectivity index (χ3n) is 1.61. The van der Waals surface area contributed by atoms with Crippen LogP contribution < -0.4 is 0 Å². The van der Waals surface area contributed by atoms with Crippen LogP contribution in [0.15, 0.2) is 0 Å². The van der Waals surface area contributed by atoms with E-state index < -0.39 is 30.9 Å². The number of ether oxygens (including phenoxy) is 1. The van der Waals surface area contributed by atoms with Gasteiger partial charge in [0.1, 0.15) is 6.10 Å². The van der Waals surface area contributed by atoms with Gasteiger partial charge in [0.2, 0.25) is 0 Å². The number of cyclic esters (lactones) is 1. The molecule has 1 aliphatic heterocycles. The van der Waals surface area contributed by atoms with Crippen LogP contribution in [-0.4, -0.2) is 46.2 Å². The number of hydrogen-bond donors (Lipinski definition) is 3. The smallest absolute Gasteiger partial charge is 0.308 e. The molecule has 5 nitrogen and oxygen atoms in total. The second kappa shape index (κ2) is 3.17. The second-order valence-electron chi connectivity index (χ2n) is 2.47. The van der Waals surface area contributed by atoms with E-state index >= 15 is 0 Å². The van der Waals surface area contributed by atoms with E-state index in [1.54, 1.807) is 0 Å². The molecule has 1 fully saturated rings. The summed E-state index contributed by atoms with van der Waals surface area (Å²) in [4.78, 5) is 10.6. The third-order valence-corrected chi connectivity index (χ3v) is 1.61. The van der Waals surface area contributed by atoms with Crippen LogP contribution in [-0.2, 0) is 9.53 Å². The van der Waals surface area contributed by atoms with E-state index in [1.165, 1.54) is 0 Å². The first-order chi connectivity index (χ1) is 5.15. The molecule has 0 amide bonds. The first-order valence-electron chi connectivity index (χ1n) is 3.31. The van der Waals surface area contributed by atoms with Gasteiger partial charge in [-0.15, -0.1) is 0 Å². The maximum Gasteiger partial charge on any atom is 0.308 e. The van der Waals surface area contributed by atoms with Gasteiger partial charge in [-0.3, -0.25) is 4.79 Å². The third kappa shape index (κ3) is 1.68. The quantitative estimate of drug-likeness (QED) is 0.389. The van der Waals surface area contributed by atoms with Gasteiger partial charge in [0.05, 0.1) is 19.1 Å². The van der Waals surface area contributed by atoms with Gasteiger partial charge >= 0.3 is 5.97 Å². The molecule has 11 heavy (non-hydrogen) atoms. The van der Waals surface area contributed by atoms with Crippen molar-refractivity contribution in [2.24, 2.45) is 0 Å². The van der Waals surface area contributed by atoms with Gasteiger partial charge in [0, 0.05) is 0 Å². The normalized spacial score (nSPS) is 38.5. The molecular weight excluding hydrogens is 152 g/mol. The van der Waals surface area contributed by atoms with Crippen molar-refractivity contribution in [3.8, 4) is 0 Å². The van der Waals surface area contributed by atoms with Gasteiger partial charge in [0.15, 0.2) is 6.10 Å². The fourth-order valence-corrected chi connectivity index (χ4v) is 0.971. The molecule has 0 spiro atoms. The zero-order chi connectivity index (χ0) is 8.43. The fourth-order valence-electron chi connectivity index (χ4n) is 0.971. The van der Waals surface area contributed by atoms with Crippen molar-refractivity contribution in [2.75, 3.05) is 6.61 Å². The summed E-state index contributed by atoms with van der Waals surface area (Å²) in [5, 5.41) is 26.6. The highest BCUT2D eigenvalue weighted by atomic mass is 16.6. The molecule has 0 bridgehead atoms. The topological polar surface area (TPSA) is 87.0 Å². The molecule has 0 aromatic carbocycles. The largest absolute Gasteiger partial charge is 0.457 e. The molecule has 0 saturated carbocycles. The molecule has 3 atom stereocenters. The van der Waals surface area contributed by atoms with Crippen molar-refractivity contribution in [1.82, 2.24) is 0 Å². The number of hydrogen-bond acceptors (Lipinski definition) is 5. The van der Waals surface area contributed by atoms with Crippen LogP contribution in [0.3, 0.4) is 0 Å². The van der Waals surface area contributed by atoms with Crippen molar-refractivity contribution in [3.63, 3.8) is 0 Å². The number of rotatable bonds is 1. The van der Waals surface area contributed by atoms with Crippen LogP contribution >= 0.6 is 0 Å². The van der Waals surface area contributed by atoms with E-state index in [9.17, 15) is 4.79 Å². The van der Waals surface area contributed by atoms with E-state index in [-0.39, 0.29) is 6.42 Å². The molecule has 0 aromatic heterocycles. The van der Waals surface area contributed by atoms with Crippen molar-refractivity contribution >= 4 is 5.97 Å². The van der Waals surface area contributed by atoms with Gasteiger partial charge in [-0.05, 0) is 0 Å². The lowest BCUT2D eigenvalue weighted by atomic mass is 10.0. The average Bonchev–Trinajstić information content (AvgIpc) is 1.96. The Morgan fingerprint density at radius 1 is 1.55 bits per heavy atom. The number of esters is 1. The summed E-state index contributed by atoms with van der Waals surface area (Å²) >= 11 is 0. The molecule has 1 heterocycles. The van der Waals surface area contributed by atoms with Crippen LogP contribution in [0.1, 0.15) is 6.42 Å². The van der Waals surface area contributed by atoms with Crippen molar-refractivity contribution < 1.29 is 24.9 Å². The van der Waals surface area contributed by atoms with Crippen LogP contribution in [0.4, 0.5) is 0 Å². The summed E-state index contributed by atoms with van der Waals surface area (Å²) in [6.07, 6.45) is -3.48. The lowest BCUT2D eigenvalue weighted by molar-refractivity contribution is -0.182. The first kappa shape index (κ1) is 8.45. The maximum atomic E-state index is 10.6. The predicted molar refractivity (Wildman–Crippen MR) is 33.6 cm³/mol. The molecule has 1 aliphatic rings. The summed E-state index contributed by atoms with van der Waals surface area (Å²) in [5.74, 6) is -0.596. The number of aliphatic hydroxyl groups excluding tert-OH is 3. The summed E-state index contributed by atoms with van der Waals surface area (Å²) in [6.45, 7) is -0.468. The fraction of sp³-hybridized carbons (Fsp3) is 0.833. The summed E-state index contributed by atoms with van der Waals surface area (Å²) in [5.41, 5.74) is 0. The average molecular weight is 162 g/mol. The Morgan fingerprint density at radius 2 is 2.18 bits per heavy atom. The molecule has 1 rings (SSSR count). The molecule has 1 saturated heterocycles. The zero-order valence-corrected chi connectivity index (χ0v) is 5.80. The molecule has 5 heteroatoms. The molecule has 3 N–H and O–H groups in total. The van der Waals surface area contributed by atoms with E-state index in [1.807, 2.05) is 0 Å². The highest BCUT2D eigenvalue weighted by molar-refractivity contribution is 5.71. The summed E-state index contributed by atoms with van der Waals surface area (Å²) < 4.78 is 4.52. The minimum atomic E-state index is -1.17. The monoisotopic (exact) mass is 162 g/mol. The lowest BCUT2D eigenvalue weighted by Crippen LogP contribution is -2.48. The second-order valence-corrected chi connectivity index (χ2v) is 2.47. The number of carbonyl (C=O) groups is 1. The van der Waals surface area contributed by atoms with E-state index in [2.05, 4.69) is 4.74 Å². The van der Waals surface area contributed by atoms with Crippen molar-refractivity contribution in [2.45, 2.75) is 24.7 Å². The Bertz CT molecular complexity index is 157. The Hall–Kier alpha value is -0.650. The van der Waals surface area contributed by atoms with Gasteiger partial charge in [-0.25, -0.2) is 0 Å². The van der Waals surface area contributed by atoms with E-state index in [0.29, 0.717) is 0 Å². The van der Waals surface area contributed by atoms with Crippen LogP contribution in [0.5, 0.6) is 0 Å². The minimum absolute atomic E-state index is 0.211. The van der Waals surface area contributed by atoms with Crippen LogP contribution in [0.2, 0.25) is 0 Å². The summed E-state index contributed by atoms with van der Waals surface area (Å²) in [7, 11) is 0. The molecule has 0 radical (unpaired) electrons. The van der Waals surface area contributed by atoms with Crippen LogP contribution in [0.25, 0.3) is 0 Å². The van der Waals surface area contributed by atoms with Crippen molar-refractivity contribution in [3.05, 3.63) is 0 Å². The Morgan fingerprint density at radius 3 is 2.73 bits per heavy atom. The maximum absolute atomic E-state index is 10.6. The Balaban J connectivity index is 2.58. The SMILES string of the molecule is O=C1CC(O)C(O)C(CO)O1. The van der Waals surface area contributed by atoms with Crippen molar-refractivity contribution in [1.29, 1.82) is 0 Å². The predicted octanol–water partition coefficient (Wildman–Crippen LogP) is -1.98. The highest BCUT2D eigenvalue weighted by Gasteiger charge is 2.35. The van der Waals surface area contributed by atoms with E-state index in [4.69, 9.17) is 15.3 Å². The molecular formula is C6H10O5. The number of aliphatic hydroxyl groups is 3. The molecule has 64 valence electrons. The zero-order valence-electron chi connectivity index (χ0n) is 5.80. The van der Waals surface area contributed by atoms with Crippen LogP contribution in [0, 0.1) is 0 Å². The first-order valence-corrected chi connectivity index (χ1v) is 3.31. The lowest BCUT2D eigenvalue weighted by Gasteiger charge is -2.29. The number of carbonyl (C=O) groups excluding carboxylic acids is 1. The summed E-state index contributed by atoms with van der Waals surface area (Å²) in [6, 6.07) is 0. The van der Waals surface area contributed by atoms with Gasteiger partial charge in [-0.1, -0.05) is 0 Å². The Kier molecular flexibility index (Phi) is 2.43. The molecule has 3 unspecified atom stereocenters. The highest BCUT2D eigenvalue weighted by Crippen LogP contribution is 2.14. The van der Waals surface area contributed by atoms with Gasteiger partial charge < -0.3 is 20.1 Å². The molecule has 0 aliphatic carbocycles. The van der Waals surface area contributed by atoms with E-state index in [0.717, 1.165) is 0 Å². The molecule has 0 aromatic rings.